The zero-order valence-electron chi connectivity index (χ0n) is 15.3. The predicted molar refractivity (Wildman–Crippen MR) is 110 cm³/mol. The van der Waals surface area contributed by atoms with Crippen molar-refractivity contribution in [2.45, 2.75) is 6.42 Å². The lowest BCUT2D eigenvalue weighted by Crippen LogP contribution is -2.34. The van der Waals surface area contributed by atoms with Gasteiger partial charge in [0.25, 0.3) is 5.91 Å². The van der Waals surface area contributed by atoms with Crippen LogP contribution in [0.4, 0.5) is 15.9 Å². The zero-order valence-corrected chi connectivity index (χ0v) is 16.9. The summed E-state index contributed by atoms with van der Waals surface area (Å²) in [4.78, 5) is 27.0. The summed E-state index contributed by atoms with van der Waals surface area (Å²) < 4.78 is 13.4. The quantitative estimate of drug-likeness (QED) is 0.695. The Hall–Kier alpha value is -2.29. The Bertz CT molecular complexity index is 1030. The SMILES string of the molecule is CN1CCCN(C(=O)c2cc3c(Nc4ccc(F)c(Cl)c4)ncnc3s2)CC1. The van der Waals surface area contributed by atoms with Crippen molar-refractivity contribution < 1.29 is 9.18 Å². The number of carbonyl (C=O) groups excluding carboxylic acids is 1. The Morgan fingerprint density at radius 2 is 2.07 bits per heavy atom. The molecular formula is C19H19ClFN5OS. The number of hydrogen-bond donors (Lipinski definition) is 1. The van der Waals surface area contributed by atoms with E-state index in [0.717, 1.165) is 36.3 Å². The number of carbonyl (C=O) groups is 1. The molecule has 6 nitrogen and oxygen atoms in total. The van der Waals surface area contributed by atoms with E-state index < -0.39 is 5.82 Å². The summed E-state index contributed by atoms with van der Waals surface area (Å²) in [7, 11) is 2.07. The van der Waals surface area contributed by atoms with Gasteiger partial charge in [0.2, 0.25) is 0 Å². The smallest absolute Gasteiger partial charge is 0.264 e. The summed E-state index contributed by atoms with van der Waals surface area (Å²) >= 11 is 7.21. The summed E-state index contributed by atoms with van der Waals surface area (Å²) in [6.45, 7) is 3.33. The molecule has 9 heteroatoms. The van der Waals surface area contributed by atoms with Crippen LogP contribution >= 0.6 is 22.9 Å². The number of fused-ring (bicyclic) bond motifs is 1. The number of halogens is 2. The van der Waals surface area contributed by atoms with Crippen molar-refractivity contribution in [3.05, 3.63) is 46.3 Å². The Morgan fingerprint density at radius 1 is 1.21 bits per heavy atom. The van der Waals surface area contributed by atoms with E-state index in [0.29, 0.717) is 22.9 Å². The van der Waals surface area contributed by atoms with Gasteiger partial charge >= 0.3 is 0 Å². The summed E-state index contributed by atoms with van der Waals surface area (Å²) in [6.07, 6.45) is 2.41. The highest BCUT2D eigenvalue weighted by atomic mass is 35.5. The first-order valence-electron chi connectivity index (χ1n) is 8.96. The molecule has 1 aliphatic rings. The number of hydrogen-bond acceptors (Lipinski definition) is 6. The maximum absolute atomic E-state index is 13.4. The highest BCUT2D eigenvalue weighted by molar-refractivity contribution is 7.20. The van der Waals surface area contributed by atoms with E-state index >= 15 is 0 Å². The van der Waals surface area contributed by atoms with Crippen LogP contribution in [0.3, 0.4) is 0 Å². The molecule has 1 saturated heterocycles. The fraction of sp³-hybridized carbons (Fsp3) is 0.316. The van der Waals surface area contributed by atoms with Crippen LogP contribution in [0.25, 0.3) is 10.2 Å². The normalized spacial score (nSPS) is 15.6. The highest BCUT2D eigenvalue weighted by Gasteiger charge is 2.22. The molecule has 28 heavy (non-hydrogen) atoms. The maximum Gasteiger partial charge on any atom is 0.264 e. The summed E-state index contributed by atoms with van der Waals surface area (Å²) in [5.74, 6) is 0.0965. The third-order valence-corrected chi connectivity index (χ3v) is 6.05. The van der Waals surface area contributed by atoms with Gasteiger partial charge in [0.05, 0.1) is 15.3 Å². The van der Waals surface area contributed by atoms with E-state index in [2.05, 4.69) is 27.2 Å². The lowest BCUT2D eigenvalue weighted by Gasteiger charge is -2.19. The molecule has 1 aliphatic heterocycles. The molecule has 0 bridgehead atoms. The number of aromatic nitrogens is 2. The fourth-order valence-corrected chi connectivity index (χ4v) is 4.32. The van der Waals surface area contributed by atoms with Crippen molar-refractivity contribution >= 4 is 50.6 Å². The van der Waals surface area contributed by atoms with E-state index in [1.54, 1.807) is 6.07 Å². The number of nitrogens with zero attached hydrogens (tertiary/aromatic N) is 4. The third-order valence-electron chi connectivity index (χ3n) is 4.73. The topological polar surface area (TPSA) is 61.4 Å². The van der Waals surface area contributed by atoms with Gasteiger partial charge in [0, 0.05) is 25.3 Å². The highest BCUT2D eigenvalue weighted by Crippen LogP contribution is 2.31. The van der Waals surface area contributed by atoms with Gasteiger partial charge < -0.3 is 15.1 Å². The van der Waals surface area contributed by atoms with Crippen LogP contribution in [0, 0.1) is 5.82 Å². The van der Waals surface area contributed by atoms with Gasteiger partial charge in [-0.15, -0.1) is 11.3 Å². The van der Waals surface area contributed by atoms with Crippen molar-refractivity contribution in [3.8, 4) is 0 Å². The first-order valence-corrected chi connectivity index (χ1v) is 10.1. The van der Waals surface area contributed by atoms with E-state index in [1.165, 1.54) is 29.8 Å². The fourth-order valence-electron chi connectivity index (χ4n) is 3.18. The molecule has 0 atom stereocenters. The number of thiophene rings is 1. The second kappa shape index (κ2) is 7.98. The maximum atomic E-state index is 13.4. The Kier molecular flexibility index (Phi) is 5.43. The minimum atomic E-state index is -0.480. The molecule has 3 aromatic rings. The van der Waals surface area contributed by atoms with Gasteiger partial charge in [0.1, 0.15) is 22.8 Å². The molecule has 0 radical (unpaired) electrons. The van der Waals surface area contributed by atoms with Crippen molar-refractivity contribution in [1.82, 2.24) is 19.8 Å². The van der Waals surface area contributed by atoms with Crippen molar-refractivity contribution in [2.75, 3.05) is 38.5 Å². The number of amides is 1. The number of benzene rings is 1. The van der Waals surface area contributed by atoms with Crippen LogP contribution in [-0.4, -0.2) is 58.9 Å². The second-order valence-corrected chi connectivity index (χ2v) is 8.19. The average molecular weight is 420 g/mol. The lowest BCUT2D eigenvalue weighted by atomic mass is 10.2. The van der Waals surface area contributed by atoms with Gasteiger partial charge in [-0.05, 0) is 44.3 Å². The minimum Gasteiger partial charge on any atom is -0.340 e. The van der Waals surface area contributed by atoms with E-state index in [-0.39, 0.29) is 10.9 Å². The second-order valence-electron chi connectivity index (χ2n) is 6.75. The monoisotopic (exact) mass is 419 g/mol. The minimum absolute atomic E-state index is 0.0223. The van der Waals surface area contributed by atoms with Gasteiger partial charge in [-0.25, -0.2) is 14.4 Å². The molecule has 2 aromatic heterocycles. The van der Waals surface area contributed by atoms with Crippen molar-refractivity contribution in [3.63, 3.8) is 0 Å². The molecular weight excluding hydrogens is 401 g/mol. The first-order chi connectivity index (χ1) is 13.5. The largest absolute Gasteiger partial charge is 0.340 e. The number of anilines is 2. The van der Waals surface area contributed by atoms with Gasteiger partial charge in [0.15, 0.2) is 0 Å². The number of nitrogens with one attached hydrogen (secondary N) is 1. The summed E-state index contributed by atoms with van der Waals surface area (Å²) in [6, 6.07) is 6.20. The standard InChI is InChI=1S/C19H19ClFN5OS/c1-25-5-2-6-26(8-7-25)19(27)16-10-13-17(22-11-23-18(13)28-16)24-12-3-4-15(21)14(20)9-12/h3-4,9-11H,2,5-8H2,1H3,(H,22,23,24). The van der Waals surface area contributed by atoms with Gasteiger partial charge in [-0.2, -0.15) is 0 Å². The Balaban J connectivity index is 1.61. The molecule has 1 aromatic carbocycles. The molecule has 4 rings (SSSR count). The molecule has 1 N–H and O–H groups in total. The van der Waals surface area contributed by atoms with Gasteiger partial charge in [-0.1, -0.05) is 11.6 Å². The Labute approximate surface area is 170 Å². The van der Waals surface area contributed by atoms with Crippen LogP contribution in [-0.2, 0) is 0 Å². The number of likely N-dealkylation sites (N-methyl/N-ethyl adjacent to an activating group) is 1. The predicted octanol–water partition coefficient (Wildman–Crippen LogP) is 4.01. The molecule has 0 unspecified atom stereocenters. The summed E-state index contributed by atoms with van der Waals surface area (Å²) in [5, 5.41) is 3.92. The van der Waals surface area contributed by atoms with Crippen LogP contribution < -0.4 is 5.32 Å². The lowest BCUT2D eigenvalue weighted by molar-refractivity contribution is 0.0767. The summed E-state index contributed by atoms with van der Waals surface area (Å²) in [5.41, 5.74) is 0.612. The zero-order chi connectivity index (χ0) is 19.7. The molecule has 146 valence electrons. The van der Waals surface area contributed by atoms with Crippen LogP contribution in [0.2, 0.25) is 5.02 Å². The molecule has 0 spiro atoms. The molecule has 3 heterocycles. The van der Waals surface area contributed by atoms with Crippen LogP contribution in [0.1, 0.15) is 16.1 Å². The Morgan fingerprint density at radius 3 is 2.89 bits per heavy atom. The first kappa shape index (κ1) is 19.0. The number of rotatable bonds is 3. The van der Waals surface area contributed by atoms with Crippen LogP contribution in [0.5, 0.6) is 0 Å². The molecule has 1 amide bonds. The van der Waals surface area contributed by atoms with E-state index in [9.17, 15) is 9.18 Å². The average Bonchev–Trinajstić information content (AvgIpc) is 3.01. The van der Waals surface area contributed by atoms with E-state index in [4.69, 9.17) is 11.6 Å². The molecule has 0 aliphatic carbocycles. The van der Waals surface area contributed by atoms with Crippen LogP contribution in [0.15, 0.2) is 30.6 Å². The molecule has 1 fully saturated rings. The van der Waals surface area contributed by atoms with E-state index in [1.807, 2.05) is 11.0 Å². The molecule has 0 saturated carbocycles. The van der Waals surface area contributed by atoms with Crippen molar-refractivity contribution in [2.24, 2.45) is 0 Å². The van der Waals surface area contributed by atoms with Crippen molar-refractivity contribution in [1.29, 1.82) is 0 Å². The third kappa shape index (κ3) is 3.94. The van der Waals surface area contributed by atoms with Gasteiger partial charge in [-0.3, -0.25) is 4.79 Å².